The molecule has 0 bridgehead atoms. The maximum atomic E-state index is 13.3. The molecule has 3 aliphatic heterocycles. The topological polar surface area (TPSA) is 88.5 Å². The molecule has 2 saturated heterocycles. The van der Waals surface area contributed by atoms with Crippen molar-refractivity contribution in [1.29, 1.82) is 0 Å². The summed E-state index contributed by atoms with van der Waals surface area (Å²) >= 11 is 0. The molecule has 5 rings (SSSR count). The van der Waals surface area contributed by atoms with Gasteiger partial charge in [-0.3, -0.25) is 9.59 Å². The molecule has 2 aromatic rings. The molecule has 2 fully saturated rings. The molecular weight excluding hydrogens is 448 g/mol. The molecule has 2 aromatic carbocycles. The highest BCUT2D eigenvalue weighted by atomic mass is 16.7. The summed E-state index contributed by atoms with van der Waals surface area (Å²) in [7, 11) is 0. The molecule has 8 heteroatoms. The van der Waals surface area contributed by atoms with Gasteiger partial charge in [0.2, 0.25) is 6.79 Å². The zero-order chi connectivity index (χ0) is 24.4. The molecule has 8 nitrogen and oxygen atoms in total. The van der Waals surface area contributed by atoms with Crippen molar-refractivity contribution in [3.05, 3.63) is 59.2 Å². The van der Waals surface area contributed by atoms with E-state index in [0.29, 0.717) is 42.5 Å². The molecule has 0 radical (unpaired) electrons. The minimum Gasteiger partial charge on any atom is -0.507 e. The van der Waals surface area contributed by atoms with E-state index in [4.69, 9.17) is 14.2 Å². The number of amides is 1. The minimum atomic E-state index is -0.694. The molecule has 1 N–H and O–H groups in total. The van der Waals surface area contributed by atoms with E-state index in [1.165, 1.54) is 6.42 Å². The van der Waals surface area contributed by atoms with Crippen molar-refractivity contribution in [1.82, 2.24) is 9.80 Å². The zero-order valence-electron chi connectivity index (χ0n) is 19.9. The fraction of sp³-hybridized carbons (Fsp3) is 0.407. The lowest BCUT2D eigenvalue weighted by molar-refractivity contribution is -0.140. The second-order valence-electron chi connectivity index (χ2n) is 8.96. The van der Waals surface area contributed by atoms with Crippen LogP contribution in [0.3, 0.4) is 0 Å². The van der Waals surface area contributed by atoms with Crippen molar-refractivity contribution in [2.75, 3.05) is 39.6 Å². The van der Waals surface area contributed by atoms with Gasteiger partial charge in [0.15, 0.2) is 11.5 Å². The molecule has 35 heavy (non-hydrogen) atoms. The highest BCUT2D eigenvalue weighted by molar-refractivity contribution is 6.46. The van der Waals surface area contributed by atoms with Crippen LogP contribution in [0.4, 0.5) is 0 Å². The van der Waals surface area contributed by atoms with Crippen molar-refractivity contribution in [3.8, 4) is 17.2 Å². The van der Waals surface area contributed by atoms with Crippen LogP contribution in [-0.4, -0.2) is 66.2 Å². The van der Waals surface area contributed by atoms with E-state index < -0.39 is 17.7 Å². The molecule has 1 unspecified atom stereocenters. The maximum Gasteiger partial charge on any atom is 0.295 e. The number of aliphatic hydroxyl groups is 1. The highest BCUT2D eigenvalue weighted by Gasteiger charge is 2.46. The lowest BCUT2D eigenvalue weighted by Gasteiger charge is -2.31. The Labute approximate surface area is 204 Å². The smallest absolute Gasteiger partial charge is 0.295 e. The van der Waals surface area contributed by atoms with Crippen molar-refractivity contribution in [2.45, 2.75) is 32.2 Å². The molecule has 0 aromatic heterocycles. The third-order valence-electron chi connectivity index (χ3n) is 6.80. The number of ether oxygens (including phenoxy) is 3. The van der Waals surface area contributed by atoms with Gasteiger partial charge in [0.05, 0.1) is 18.2 Å². The fourth-order valence-corrected chi connectivity index (χ4v) is 5.00. The Hall–Kier alpha value is -3.52. The number of aliphatic hydroxyl groups excluding tert-OH is 1. The van der Waals surface area contributed by atoms with E-state index in [0.717, 1.165) is 31.5 Å². The normalized spacial score (nSPS) is 21.5. The van der Waals surface area contributed by atoms with Crippen LogP contribution in [0.2, 0.25) is 0 Å². The first kappa shape index (κ1) is 23.2. The number of fused-ring (bicyclic) bond motifs is 1. The van der Waals surface area contributed by atoms with E-state index in [1.807, 2.05) is 31.2 Å². The van der Waals surface area contributed by atoms with E-state index >= 15 is 0 Å². The largest absolute Gasteiger partial charge is 0.507 e. The lowest BCUT2D eigenvalue weighted by atomic mass is 9.95. The Bertz CT molecular complexity index is 1140. The van der Waals surface area contributed by atoms with Crippen LogP contribution in [0.25, 0.3) is 5.76 Å². The van der Waals surface area contributed by atoms with Crippen molar-refractivity contribution < 1.29 is 28.9 Å². The van der Waals surface area contributed by atoms with Gasteiger partial charge in [-0.25, -0.2) is 0 Å². The number of carbonyl (C=O) groups excluding carboxylic acids is 2. The number of benzene rings is 2. The van der Waals surface area contributed by atoms with Crippen LogP contribution in [0.1, 0.15) is 43.4 Å². The Morgan fingerprint density at radius 1 is 1.00 bits per heavy atom. The van der Waals surface area contributed by atoms with Gasteiger partial charge in [0, 0.05) is 18.7 Å². The van der Waals surface area contributed by atoms with E-state index in [9.17, 15) is 14.7 Å². The van der Waals surface area contributed by atoms with Crippen molar-refractivity contribution in [2.24, 2.45) is 0 Å². The Kier molecular flexibility index (Phi) is 6.63. The minimum absolute atomic E-state index is 0.0802. The summed E-state index contributed by atoms with van der Waals surface area (Å²) in [6.45, 7) is 5.63. The number of ketones is 1. The van der Waals surface area contributed by atoms with Gasteiger partial charge in [-0.1, -0.05) is 18.6 Å². The van der Waals surface area contributed by atoms with E-state index in [1.54, 1.807) is 23.1 Å². The van der Waals surface area contributed by atoms with Gasteiger partial charge in [0.25, 0.3) is 11.7 Å². The molecule has 3 heterocycles. The number of piperidine rings is 1. The average molecular weight is 479 g/mol. The highest BCUT2D eigenvalue weighted by Crippen LogP contribution is 2.41. The second-order valence-corrected chi connectivity index (χ2v) is 8.96. The summed E-state index contributed by atoms with van der Waals surface area (Å²) in [5, 5.41) is 11.3. The van der Waals surface area contributed by atoms with Gasteiger partial charge >= 0.3 is 0 Å². The van der Waals surface area contributed by atoms with Gasteiger partial charge in [0.1, 0.15) is 11.5 Å². The Balaban J connectivity index is 1.52. The summed E-state index contributed by atoms with van der Waals surface area (Å²) in [6.07, 6.45) is 3.51. The molecular formula is C27H30N2O6. The van der Waals surface area contributed by atoms with Crippen LogP contribution in [0.5, 0.6) is 17.2 Å². The Morgan fingerprint density at radius 3 is 2.49 bits per heavy atom. The zero-order valence-corrected chi connectivity index (χ0v) is 19.9. The summed E-state index contributed by atoms with van der Waals surface area (Å²) in [6, 6.07) is 11.6. The summed E-state index contributed by atoms with van der Waals surface area (Å²) in [4.78, 5) is 30.4. The molecule has 1 atom stereocenters. The number of likely N-dealkylation sites (tertiary alicyclic amines) is 2. The van der Waals surface area contributed by atoms with Crippen molar-refractivity contribution in [3.63, 3.8) is 0 Å². The number of hydrogen-bond acceptors (Lipinski definition) is 7. The first-order valence-electron chi connectivity index (χ1n) is 12.2. The summed E-state index contributed by atoms with van der Waals surface area (Å²) in [5.41, 5.74) is 1.23. The molecule has 0 spiro atoms. The maximum absolute atomic E-state index is 13.3. The SMILES string of the molecule is CCOc1ccc(C2/C(=C(\O)c3ccc4c(c3)OCO4)C(=O)C(=O)N2CCN2CCCCC2)cc1. The number of rotatable bonds is 7. The van der Waals surface area contributed by atoms with Gasteiger partial charge in [-0.05, 0) is 68.8 Å². The molecule has 184 valence electrons. The summed E-state index contributed by atoms with van der Waals surface area (Å²) < 4.78 is 16.4. The van der Waals surface area contributed by atoms with Crippen molar-refractivity contribution >= 4 is 17.4 Å². The number of nitrogens with zero attached hydrogens (tertiary/aromatic N) is 2. The van der Waals surface area contributed by atoms with Crippen LogP contribution in [-0.2, 0) is 9.59 Å². The average Bonchev–Trinajstić information content (AvgIpc) is 3.46. The molecule has 0 saturated carbocycles. The summed E-state index contributed by atoms with van der Waals surface area (Å²) in [5.74, 6) is 0.275. The van der Waals surface area contributed by atoms with Crippen LogP contribution in [0.15, 0.2) is 48.0 Å². The number of carbonyl (C=O) groups is 2. The third kappa shape index (κ3) is 4.58. The second kappa shape index (κ2) is 10.00. The number of Topliss-reactive ketones (excluding diaryl/α,β-unsaturated/α-hetero) is 1. The lowest BCUT2D eigenvalue weighted by Crippen LogP contribution is -2.39. The van der Waals surface area contributed by atoms with Gasteiger partial charge in [-0.2, -0.15) is 0 Å². The first-order chi connectivity index (χ1) is 17.1. The van der Waals surface area contributed by atoms with E-state index in [-0.39, 0.29) is 18.1 Å². The monoisotopic (exact) mass is 478 g/mol. The fourth-order valence-electron chi connectivity index (χ4n) is 5.00. The van der Waals surface area contributed by atoms with Crippen LogP contribution in [0, 0.1) is 0 Å². The first-order valence-corrected chi connectivity index (χ1v) is 12.2. The van der Waals surface area contributed by atoms with E-state index in [2.05, 4.69) is 4.90 Å². The quantitative estimate of drug-likeness (QED) is 0.369. The molecule has 0 aliphatic carbocycles. The molecule has 1 amide bonds. The van der Waals surface area contributed by atoms with Crippen LogP contribution < -0.4 is 14.2 Å². The Morgan fingerprint density at radius 2 is 1.74 bits per heavy atom. The standard InChI is InChI=1S/C27H30N2O6/c1-2-33-20-9-6-18(7-10-20)24-23(25(30)19-8-11-21-22(16-19)35-17-34-21)26(31)27(32)29(24)15-14-28-12-4-3-5-13-28/h6-11,16,24,30H,2-5,12-15,17H2,1H3/b25-23+. The van der Waals surface area contributed by atoms with Crippen LogP contribution >= 0.6 is 0 Å². The predicted molar refractivity (Wildman–Crippen MR) is 129 cm³/mol. The number of hydrogen-bond donors (Lipinski definition) is 1. The molecule has 3 aliphatic rings. The predicted octanol–water partition coefficient (Wildman–Crippen LogP) is 3.72. The third-order valence-corrected chi connectivity index (χ3v) is 6.80. The van der Waals surface area contributed by atoms with Gasteiger partial charge in [-0.15, -0.1) is 0 Å². The van der Waals surface area contributed by atoms with Gasteiger partial charge < -0.3 is 29.1 Å².